The van der Waals surface area contributed by atoms with Crippen LogP contribution in [0.25, 0.3) is 5.69 Å². The Labute approximate surface area is 145 Å². The van der Waals surface area contributed by atoms with Crippen LogP contribution in [-0.2, 0) is 13.0 Å². The van der Waals surface area contributed by atoms with Crippen molar-refractivity contribution in [3.63, 3.8) is 0 Å². The van der Waals surface area contributed by atoms with Crippen LogP contribution in [0.15, 0.2) is 64.4 Å². The van der Waals surface area contributed by atoms with Gasteiger partial charge in [-0.2, -0.15) is 0 Å². The van der Waals surface area contributed by atoms with Gasteiger partial charge in [0.05, 0.1) is 17.8 Å². The zero-order valence-electron chi connectivity index (χ0n) is 14.1. The second-order valence-corrected chi connectivity index (χ2v) is 5.83. The van der Waals surface area contributed by atoms with Crippen molar-refractivity contribution in [1.82, 2.24) is 9.78 Å². The summed E-state index contributed by atoms with van der Waals surface area (Å²) in [4.78, 5) is 17.2. The van der Waals surface area contributed by atoms with Gasteiger partial charge in [0.2, 0.25) is 0 Å². The lowest BCUT2D eigenvalue weighted by atomic mass is 10.2. The van der Waals surface area contributed by atoms with E-state index in [1.807, 2.05) is 30.3 Å². The molecule has 1 N–H and O–H groups in total. The van der Waals surface area contributed by atoms with Crippen LogP contribution in [0.4, 0.5) is 4.39 Å². The van der Waals surface area contributed by atoms with E-state index in [1.165, 1.54) is 16.8 Å². The smallest absolute Gasteiger partial charge is 0.280 e. The lowest BCUT2D eigenvalue weighted by molar-refractivity contribution is 0.626. The topological polar surface area (TPSA) is 50.1 Å². The fraction of sp³-hybridized carbons (Fsp3) is 0.200. The number of halogens is 1. The number of aromatic nitrogens is 2. The van der Waals surface area contributed by atoms with E-state index in [0.29, 0.717) is 17.8 Å². The summed E-state index contributed by atoms with van der Waals surface area (Å²) in [7, 11) is 0. The summed E-state index contributed by atoms with van der Waals surface area (Å²) in [6, 6.07) is 15.7. The van der Waals surface area contributed by atoms with Gasteiger partial charge in [-0.25, -0.2) is 9.07 Å². The lowest BCUT2D eigenvalue weighted by Gasteiger charge is -2.01. The molecule has 4 nitrogen and oxygen atoms in total. The summed E-state index contributed by atoms with van der Waals surface area (Å²) in [6.07, 6.45) is 3.29. The van der Waals surface area contributed by atoms with Crippen molar-refractivity contribution < 1.29 is 4.39 Å². The van der Waals surface area contributed by atoms with Crippen LogP contribution in [0.5, 0.6) is 0 Å². The molecule has 0 aliphatic rings. The largest absolute Gasteiger partial charge is 0.294 e. The molecule has 0 aliphatic heterocycles. The molecule has 0 bridgehead atoms. The van der Waals surface area contributed by atoms with Gasteiger partial charge in [-0.05, 0) is 36.2 Å². The van der Waals surface area contributed by atoms with Gasteiger partial charge in [0.25, 0.3) is 5.56 Å². The average Bonchev–Trinajstić information content (AvgIpc) is 2.93. The molecule has 1 heterocycles. The summed E-state index contributed by atoms with van der Waals surface area (Å²) in [6.45, 7) is 2.58. The highest BCUT2D eigenvalue weighted by molar-refractivity contribution is 5.80. The quantitative estimate of drug-likeness (QED) is 0.682. The number of H-pyrrole nitrogens is 1. The summed E-state index contributed by atoms with van der Waals surface area (Å²) in [5, 5.41) is 3.13. The SMILES string of the molecule is CCCc1[nH]n(-c2ccc(F)cc2)c(=O)c1C=NCc1ccccc1. The maximum absolute atomic E-state index is 13.1. The number of nitrogens with one attached hydrogen (secondary N) is 1. The van der Waals surface area contributed by atoms with Crippen LogP contribution >= 0.6 is 0 Å². The van der Waals surface area contributed by atoms with Crippen LogP contribution in [-0.4, -0.2) is 16.0 Å². The zero-order valence-corrected chi connectivity index (χ0v) is 14.1. The average molecular weight is 337 g/mol. The first kappa shape index (κ1) is 16.9. The van der Waals surface area contributed by atoms with Gasteiger partial charge in [0, 0.05) is 11.9 Å². The third kappa shape index (κ3) is 3.94. The highest BCUT2D eigenvalue weighted by Crippen LogP contribution is 2.10. The molecule has 0 unspecified atom stereocenters. The standard InChI is InChI=1S/C20H20FN3O/c1-2-6-19-18(14-22-13-15-7-4-3-5-8-15)20(25)24(23-19)17-11-9-16(21)10-12-17/h3-5,7-12,14,23H,2,6,13H2,1H3. The van der Waals surface area contributed by atoms with E-state index in [1.54, 1.807) is 18.3 Å². The molecule has 2 aromatic carbocycles. The Morgan fingerprint density at radius 3 is 2.52 bits per heavy atom. The third-order valence-corrected chi connectivity index (χ3v) is 3.93. The van der Waals surface area contributed by atoms with Crippen LogP contribution in [0, 0.1) is 5.82 Å². The predicted molar refractivity (Wildman–Crippen MR) is 98.1 cm³/mol. The minimum Gasteiger partial charge on any atom is -0.294 e. The Hall–Kier alpha value is -2.95. The van der Waals surface area contributed by atoms with Crippen molar-refractivity contribution >= 4 is 6.21 Å². The summed E-state index contributed by atoms with van der Waals surface area (Å²) in [5.41, 5.74) is 2.92. The second-order valence-electron chi connectivity index (χ2n) is 5.83. The fourth-order valence-electron chi connectivity index (χ4n) is 2.67. The van der Waals surface area contributed by atoms with Gasteiger partial charge in [-0.15, -0.1) is 0 Å². The van der Waals surface area contributed by atoms with E-state index in [2.05, 4.69) is 17.0 Å². The maximum Gasteiger partial charge on any atom is 0.280 e. The fourth-order valence-corrected chi connectivity index (χ4v) is 2.67. The molecule has 3 rings (SSSR count). The van der Waals surface area contributed by atoms with E-state index in [-0.39, 0.29) is 11.4 Å². The van der Waals surface area contributed by atoms with Gasteiger partial charge < -0.3 is 0 Å². The number of nitrogens with zero attached hydrogens (tertiary/aromatic N) is 2. The van der Waals surface area contributed by atoms with Crippen molar-refractivity contribution in [3.05, 3.63) is 87.6 Å². The zero-order chi connectivity index (χ0) is 17.6. The Morgan fingerprint density at radius 1 is 1.12 bits per heavy atom. The molecule has 0 saturated carbocycles. The molecule has 0 radical (unpaired) electrons. The van der Waals surface area contributed by atoms with Crippen molar-refractivity contribution in [2.45, 2.75) is 26.3 Å². The number of hydrogen-bond donors (Lipinski definition) is 1. The lowest BCUT2D eigenvalue weighted by Crippen LogP contribution is -2.17. The first-order valence-corrected chi connectivity index (χ1v) is 8.32. The number of hydrogen-bond acceptors (Lipinski definition) is 2. The van der Waals surface area contributed by atoms with E-state index in [9.17, 15) is 9.18 Å². The molecule has 0 amide bonds. The number of benzene rings is 2. The molecule has 1 aromatic heterocycles. The molecule has 0 saturated heterocycles. The van der Waals surface area contributed by atoms with Crippen LogP contribution in [0.3, 0.4) is 0 Å². The van der Waals surface area contributed by atoms with Gasteiger partial charge in [0.15, 0.2) is 0 Å². The van der Waals surface area contributed by atoms with Crippen molar-refractivity contribution in [2.24, 2.45) is 4.99 Å². The first-order chi connectivity index (χ1) is 12.2. The van der Waals surface area contributed by atoms with E-state index >= 15 is 0 Å². The van der Waals surface area contributed by atoms with Gasteiger partial charge in [0.1, 0.15) is 5.82 Å². The van der Waals surface area contributed by atoms with Crippen molar-refractivity contribution in [3.8, 4) is 5.69 Å². The predicted octanol–water partition coefficient (Wildman–Crippen LogP) is 3.88. The molecule has 25 heavy (non-hydrogen) atoms. The molecule has 3 aromatic rings. The van der Waals surface area contributed by atoms with E-state index in [0.717, 1.165) is 24.1 Å². The molecule has 0 spiro atoms. The number of aliphatic imine (C=N–C) groups is 1. The molecule has 0 aliphatic carbocycles. The second kappa shape index (κ2) is 7.75. The Balaban J connectivity index is 1.92. The molecular formula is C20H20FN3O. The normalized spacial score (nSPS) is 11.3. The van der Waals surface area contributed by atoms with Crippen molar-refractivity contribution in [2.75, 3.05) is 0 Å². The Kier molecular flexibility index (Phi) is 5.23. The van der Waals surface area contributed by atoms with Crippen LogP contribution < -0.4 is 5.56 Å². The monoisotopic (exact) mass is 337 g/mol. The van der Waals surface area contributed by atoms with E-state index in [4.69, 9.17) is 0 Å². The first-order valence-electron chi connectivity index (χ1n) is 8.32. The minimum absolute atomic E-state index is 0.174. The van der Waals surface area contributed by atoms with Crippen LogP contribution in [0.1, 0.15) is 30.2 Å². The minimum atomic E-state index is -0.332. The number of aromatic amines is 1. The summed E-state index contributed by atoms with van der Waals surface area (Å²) >= 11 is 0. The highest BCUT2D eigenvalue weighted by Gasteiger charge is 2.13. The van der Waals surface area contributed by atoms with Gasteiger partial charge in [-0.1, -0.05) is 43.7 Å². The molecule has 128 valence electrons. The Bertz CT molecular complexity index is 908. The van der Waals surface area contributed by atoms with Gasteiger partial charge >= 0.3 is 0 Å². The van der Waals surface area contributed by atoms with Crippen molar-refractivity contribution in [1.29, 1.82) is 0 Å². The molecule has 0 fully saturated rings. The number of rotatable bonds is 6. The third-order valence-electron chi connectivity index (χ3n) is 3.93. The summed E-state index contributed by atoms with van der Waals surface area (Å²) < 4.78 is 14.6. The Morgan fingerprint density at radius 2 is 1.84 bits per heavy atom. The highest BCUT2D eigenvalue weighted by atomic mass is 19.1. The maximum atomic E-state index is 13.1. The molecule has 5 heteroatoms. The number of aryl methyl sites for hydroxylation is 1. The molecular weight excluding hydrogens is 317 g/mol. The molecule has 0 atom stereocenters. The van der Waals surface area contributed by atoms with E-state index < -0.39 is 0 Å². The van der Waals surface area contributed by atoms with Crippen LogP contribution in [0.2, 0.25) is 0 Å². The van der Waals surface area contributed by atoms with Gasteiger partial charge in [-0.3, -0.25) is 14.9 Å². The summed E-state index contributed by atoms with van der Waals surface area (Å²) in [5.74, 6) is -0.332.